The molecule has 1 N–H and O–H groups in total. The first-order valence-electron chi connectivity index (χ1n) is 10.7. The molecule has 0 aliphatic heterocycles. The lowest BCUT2D eigenvalue weighted by molar-refractivity contribution is -0.155. The van der Waals surface area contributed by atoms with Crippen molar-refractivity contribution in [2.45, 2.75) is 32.1 Å². The van der Waals surface area contributed by atoms with Gasteiger partial charge in [-0.3, -0.25) is 14.4 Å². The molecule has 2 fully saturated rings. The highest BCUT2D eigenvalue weighted by Gasteiger charge is 2.41. The molecule has 2 unspecified atom stereocenters. The average molecular weight is 419 g/mol. The fourth-order valence-electron chi connectivity index (χ4n) is 4.35. The maximum absolute atomic E-state index is 12.4. The quantitative estimate of drug-likeness (QED) is 0.527. The number of ketones is 1. The van der Waals surface area contributed by atoms with E-state index in [-0.39, 0.29) is 30.3 Å². The summed E-state index contributed by atoms with van der Waals surface area (Å²) in [4.78, 5) is 36.7. The van der Waals surface area contributed by atoms with Crippen LogP contribution in [0.25, 0.3) is 0 Å². The molecule has 2 aliphatic carbocycles. The van der Waals surface area contributed by atoms with Crippen LogP contribution in [-0.2, 0) is 19.1 Å². The van der Waals surface area contributed by atoms with Crippen LogP contribution in [0.3, 0.4) is 0 Å². The molecule has 2 aromatic carbocycles. The van der Waals surface area contributed by atoms with E-state index in [0.717, 1.165) is 24.9 Å². The normalized spacial score (nSPS) is 22.8. The molecule has 2 aromatic rings. The number of benzene rings is 2. The number of azo groups is 1. The van der Waals surface area contributed by atoms with Crippen LogP contribution < -0.4 is 5.32 Å². The van der Waals surface area contributed by atoms with Crippen molar-refractivity contribution in [3.05, 3.63) is 54.6 Å². The van der Waals surface area contributed by atoms with Crippen molar-refractivity contribution in [1.29, 1.82) is 0 Å². The monoisotopic (exact) mass is 419 g/mol. The standard InChI is InChI=1S/C24H25N3O4/c28-22(15-31-24(30)18-13-16-5-4-6-17(14-18)23(16)29)25-19-9-11-21(12-10-19)27-26-20-7-2-1-3-8-20/h1-3,7-12,16-18H,4-6,13-15H2,(H,25,28). The van der Waals surface area contributed by atoms with Crippen LogP contribution in [-0.4, -0.2) is 24.3 Å². The molecule has 7 nitrogen and oxygen atoms in total. The molecule has 160 valence electrons. The van der Waals surface area contributed by atoms with E-state index in [4.69, 9.17) is 4.74 Å². The molecule has 0 saturated heterocycles. The zero-order valence-electron chi connectivity index (χ0n) is 17.2. The summed E-state index contributed by atoms with van der Waals surface area (Å²) in [6.45, 7) is -0.339. The second-order valence-electron chi connectivity index (χ2n) is 8.13. The molecule has 0 heterocycles. The number of nitrogens with one attached hydrogen (secondary N) is 1. The van der Waals surface area contributed by atoms with Gasteiger partial charge in [0.25, 0.3) is 5.91 Å². The fraction of sp³-hybridized carbons (Fsp3) is 0.375. The van der Waals surface area contributed by atoms with E-state index in [9.17, 15) is 14.4 Å². The highest BCUT2D eigenvalue weighted by Crippen LogP contribution is 2.40. The number of nitrogens with zero attached hydrogens (tertiary/aromatic N) is 2. The van der Waals surface area contributed by atoms with Crippen molar-refractivity contribution in [3.63, 3.8) is 0 Å². The number of carbonyl (C=O) groups is 3. The Labute approximate surface area is 180 Å². The molecule has 2 aliphatic rings. The lowest BCUT2D eigenvalue weighted by Gasteiger charge is -2.36. The molecule has 2 atom stereocenters. The first kappa shape index (κ1) is 20.9. The summed E-state index contributed by atoms with van der Waals surface area (Å²) in [6.07, 6.45) is 3.88. The maximum Gasteiger partial charge on any atom is 0.309 e. The summed E-state index contributed by atoms with van der Waals surface area (Å²) >= 11 is 0. The Hall–Kier alpha value is -3.35. The molecule has 0 aromatic heterocycles. The number of hydrogen-bond donors (Lipinski definition) is 1. The third-order valence-corrected chi connectivity index (χ3v) is 5.92. The fourth-order valence-corrected chi connectivity index (χ4v) is 4.35. The molecule has 4 rings (SSSR count). The highest BCUT2D eigenvalue weighted by molar-refractivity contribution is 5.93. The van der Waals surface area contributed by atoms with Crippen molar-refractivity contribution < 1.29 is 19.1 Å². The molecule has 31 heavy (non-hydrogen) atoms. The molecule has 1 amide bonds. The summed E-state index contributed by atoms with van der Waals surface area (Å²) in [5.74, 6) is -0.793. The summed E-state index contributed by atoms with van der Waals surface area (Å²) in [7, 11) is 0. The summed E-state index contributed by atoms with van der Waals surface area (Å²) in [5.41, 5.74) is 2.00. The van der Waals surface area contributed by atoms with Gasteiger partial charge in [0.15, 0.2) is 6.61 Å². The molecule has 2 saturated carbocycles. The molecular formula is C24H25N3O4. The van der Waals surface area contributed by atoms with Gasteiger partial charge in [0.05, 0.1) is 17.3 Å². The van der Waals surface area contributed by atoms with Gasteiger partial charge in [-0.15, -0.1) is 0 Å². The zero-order chi connectivity index (χ0) is 21.6. The smallest absolute Gasteiger partial charge is 0.309 e. The first-order chi connectivity index (χ1) is 15.1. The second kappa shape index (κ2) is 9.64. The van der Waals surface area contributed by atoms with Crippen LogP contribution in [0.2, 0.25) is 0 Å². The number of hydrogen-bond acceptors (Lipinski definition) is 6. The Balaban J connectivity index is 1.24. The number of fused-ring (bicyclic) bond motifs is 2. The topological polar surface area (TPSA) is 97.2 Å². The van der Waals surface area contributed by atoms with Gasteiger partial charge in [0, 0.05) is 17.5 Å². The minimum absolute atomic E-state index is 0.0172. The van der Waals surface area contributed by atoms with E-state index in [1.807, 2.05) is 30.3 Å². The van der Waals surface area contributed by atoms with Crippen molar-refractivity contribution in [2.24, 2.45) is 28.0 Å². The average Bonchev–Trinajstić information content (AvgIpc) is 2.77. The number of ether oxygens (including phenoxy) is 1. The molecule has 7 heteroatoms. The highest BCUT2D eigenvalue weighted by atomic mass is 16.5. The summed E-state index contributed by atoms with van der Waals surface area (Å²) in [6, 6.07) is 16.3. The Morgan fingerprint density at radius 2 is 1.52 bits per heavy atom. The number of Topliss-reactive ketones (excluding diaryl/α,β-unsaturated/α-hetero) is 1. The van der Waals surface area contributed by atoms with Gasteiger partial charge in [0.1, 0.15) is 5.78 Å². The largest absolute Gasteiger partial charge is 0.455 e. The van der Waals surface area contributed by atoms with Crippen LogP contribution in [0.5, 0.6) is 0 Å². The molecule has 0 radical (unpaired) electrons. The lowest BCUT2D eigenvalue weighted by Crippen LogP contribution is -2.40. The van der Waals surface area contributed by atoms with Crippen LogP contribution in [0.15, 0.2) is 64.8 Å². The van der Waals surface area contributed by atoms with E-state index in [0.29, 0.717) is 30.0 Å². The van der Waals surface area contributed by atoms with E-state index in [1.54, 1.807) is 24.3 Å². The van der Waals surface area contributed by atoms with Crippen LogP contribution >= 0.6 is 0 Å². The van der Waals surface area contributed by atoms with Gasteiger partial charge in [-0.25, -0.2) is 0 Å². The van der Waals surface area contributed by atoms with Crippen LogP contribution in [0.4, 0.5) is 17.1 Å². The third-order valence-electron chi connectivity index (χ3n) is 5.92. The Morgan fingerprint density at radius 1 is 0.903 bits per heavy atom. The summed E-state index contributed by atoms with van der Waals surface area (Å²) in [5, 5.41) is 11.0. The van der Waals surface area contributed by atoms with Crippen LogP contribution in [0.1, 0.15) is 32.1 Å². The molecule has 0 spiro atoms. The predicted octanol–water partition coefficient (Wildman–Crippen LogP) is 4.98. The van der Waals surface area contributed by atoms with Crippen LogP contribution in [0, 0.1) is 17.8 Å². The second-order valence-corrected chi connectivity index (χ2v) is 8.13. The Morgan fingerprint density at radius 3 is 2.16 bits per heavy atom. The van der Waals surface area contributed by atoms with Gasteiger partial charge in [-0.2, -0.15) is 10.2 Å². The van der Waals surface area contributed by atoms with Gasteiger partial charge in [-0.05, 0) is 62.1 Å². The number of anilines is 1. The lowest BCUT2D eigenvalue weighted by atomic mass is 9.67. The SMILES string of the molecule is O=C(COC(=O)C1CC2CCCC(C1)C2=O)Nc1ccc(N=Nc2ccccc2)cc1. The van der Waals surface area contributed by atoms with Crippen molar-refractivity contribution >= 4 is 34.7 Å². The van der Waals surface area contributed by atoms with E-state index in [1.165, 1.54) is 0 Å². The Kier molecular flexibility index (Phi) is 6.50. The minimum Gasteiger partial charge on any atom is -0.455 e. The first-order valence-corrected chi connectivity index (χ1v) is 10.7. The number of carbonyl (C=O) groups excluding carboxylic acids is 3. The molecule has 2 bridgehead atoms. The predicted molar refractivity (Wildman–Crippen MR) is 115 cm³/mol. The number of amides is 1. The third kappa shape index (κ3) is 5.42. The molecular weight excluding hydrogens is 394 g/mol. The number of rotatable bonds is 6. The van der Waals surface area contributed by atoms with Gasteiger partial charge < -0.3 is 10.1 Å². The minimum atomic E-state index is -0.404. The van der Waals surface area contributed by atoms with E-state index in [2.05, 4.69) is 15.5 Å². The summed E-state index contributed by atoms with van der Waals surface area (Å²) < 4.78 is 5.23. The van der Waals surface area contributed by atoms with E-state index < -0.39 is 5.91 Å². The van der Waals surface area contributed by atoms with Gasteiger partial charge in [0.2, 0.25) is 0 Å². The number of esters is 1. The van der Waals surface area contributed by atoms with E-state index >= 15 is 0 Å². The van der Waals surface area contributed by atoms with Gasteiger partial charge in [-0.1, -0.05) is 24.6 Å². The van der Waals surface area contributed by atoms with Crippen molar-refractivity contribution in [2.75, 3.05) is 11.9 Å². The maximum atomic E-state index is 12.4. The van der Waals surface area contributed by atoms with Gasteiger partial charge >= 0.3 is 5.97 Å². The zero-order valence-corrected chi connectivity index (χ0v) is 17.2. The Bertz CT molecular complexity index is 956. The van der Waals surface area contributed by atoms with Crippen molar-refractivity contribution in [1.82, 2.24) is 0 Å². The van der Waals surface area contributed by atoms with Crippen molar-refractivity contribution in [3.8, 4) is 0 Å².